The Kier molecular flexibility index (Phi) is 5.91. The fourth-order valence-corrected chi connectivity index (χ4v) is 2.72. The van der Waals surface area contributed by atoms with Crippen LogP contribution in [0.3, 0.4) is 0 Å². The summed E-state index contributed by atoms with van der Waals surface area (Å²) in [5.74, 6) is 0. The SMILES string of the molecule is CCC/C=C/C=N\c1c(C)ccc(N)c1S(=O)(=O)NC. The predicted octanol–water partition coefficient (Wildman–Crippen LogP) is 2.54. The standard InChI is InChI=1S/C14H21N3O2S/c1-4-5-6-7-10-17-13-11(2)8-9-12(15)14(13)20(18,19)16-3/h6-10,16H,4-5,15H2,1-3H3/b7-6+,17-10-. The van der Waals surface area contributed by atoms with E-state index in [1.165, 1.54) is 7.05 Å². The Hall–Kier alpha value is -1.66. The number of nitrogens with zero attached hydrogens (tertiary/aromatic N) is 1. The van der Waals surface area contributed by atoms with Crippen LogP contribution in [-0.2, 0) is 10.0 Å². The Labute approximate surface area is 120 Å². The maximum Gasteiger partial charge on any atom is 0.244 e. The summed E-state index contributed by atoms with van der Waals surface area (Å²) in [5.41, 5.74) is 7.12. The topological polar surface area (TPSA) is 84.5 Å². The largest absolute Gasteiger partial charge is 0.398 e. The molecule has 1 aromatic rings. The first-order valence-electron chi connectivity index (χ1n) is 6.45. The fourth-order valence-electron chi connectivity index (χ4n) is 1.67. The minimum Gasteiger partial charge on any atom is -0.398 e. The van der Waals surface area contributed by atoms with Crippen LogP contribution in [0, 0.1) is 6.92 Å². The van der Waals surface area contributed by atoms with Gasteiger partial charge in [0.25, 0.3) is 0 Å². The number of sulfonamides is 1. The summed E-state index contributed by atoms with van der Waals surface area (Å²) in [6.45, 7) is 3.89. The number of nitrogens with two attached hydrogens (primary N) is 1. The van der Waals surface area contributed by atoms with Gasteiger partial charge in [-0.2, -0.15) is 0 Å². The Morgan fingerprint density at radius 3 is 2.70 bits per heavy atom. The molecular weight excluding hydrogens is 274 g/mol. The van der Waals surface area contributed by atoms with Crippen LogP contribution in [0.15, 0.2) is 34.2 Å². The van der Waals surface area contributed by atoms with Gasteiger partial charge in [0, 0.05) is 6.21 Å². The predicted molar refractivity (Wildman–Crippen MR) is 84.0 cm³/mol. The average Bonchev–Trinajstić information content (AvgIpc) is 2.42. The maximum absolute atomic E-state index is 12.0. The smallest absolute Gasteiger partial charge is 0.244 e. The highest BCUT2D eigenvalue weighted by molar-refractivity contribution is 7.89. The number of nitrogens with one attached hydrogen (secondary N) is 1. The number of aryl methyl sites for hydroxylation is 1. The van der Waals surface area contributed by atoms with Gasteiger partial charge < -0.3 is 5.73 Å². The number of aliphatic imine (C=N–C) groups is 1. The van der Waals surface area contributed by atoms with E-state index >= 15 is 0 Å². The van der Waals surface area contributed by atoms with Gasteiger partial charge in [0.1, 0.15) is 4.90 Å². The van der Waals surface area contributed by atoms with E-state index in [4.69, 9.17) is 5.73 Å². The molecule has 20 heavy (non-hydrogen) atoms. The molecule has 0 saturated carbocycles. The number of benzene rings is 1. The molecule has 0 amide bonds. The van der Waals surface area contributed by atoms with Gasteiger partial charge in [0.15, 0.2) is 0 Å². The lowest BCUT2D eigenvalue weighted by Crippen LogP contribution is -2.20. The van der Waals surface area contributed by atoms with E-state index in [1.54, 1.807) is 25.3 Å². The van der Waals surface area contributed by atoms with Gasteiger partial charge in [0.05, 0.1) is 11.4 Å². The quantitative estimate of drug-likeness (QED) is 0.625. The summed E-state index contributed by atoms with van der Waals surface area (Å²) in [5, 5.41) is 0. The second-order valence-electron chi connectivity index (χ2n) is 4.35. The molecule has 0 aliphatic heterocycles. The number of hydrogen-bond acceptors (Lipinski definition) is 4. The number of nitrogen functional groups attached to an aromatic ring is 1. The number of rotatable bonds is 6. The van der Waals surface area contributed by atoms with Crippen LogP contribution in [0.25, 0.3) is 0 Å². The van der Waals surface area contributed by atoms with Crippen molar-refractivity contribution in [3.63, 3.8) is 0 Å². The Morgan fingerprint density at radius 1 is 1.40 bits per heavy atom. The van der Waals surface area contributed by atoms with Crippen molar-refractivity contribution in [2.45, 2.75) is 31.6 Å². The van der Waals surface area contributed by atoms with Gasteiger partial charge in [-0.25, -0.2) is 13.1 Å². The van der Waals surface area contributed by atoms with Crippen LogP contribution in [0.2, 0.25) is 0 Å². The molecule has 0 aliphatic carbocycles. The molecule has 0 atom stereocenters. The molecule has 0 radical (unpaired) electrons. The van der Waals surface area contributed by atoms with Crippen LogP contribution >= 0.6 is 0 Å². The number of unbranched alkanes of at least 4 members (excludes halogenated alkanes) is 1. The van der Waals surface area contributed by atoms with Crippen molar-refractivity contribution in [2.24, 2.45) is 4.99 Å². The molecule has 3 N–H and O–H groups in total. The van der Waals surface area contributed by atoms with Crippen LogP contribution in [0.4, 0.5) is 11.4 Å². The second kappa shape index (κ2) is 7.21. The zero-order valence-electron chi connectivity index (χ0n) is 12.1. The van der Waals surface area contributed by atoms with Crippen molar-refractivity contribution in [1.29, 1.82) is 0 Å². The molecule has 0 aliphatic rings. The summed E-state index contributed by atoms with van der Waals surface area (Å²) in [7, 11) is -2.29. The first-order valence-corrected chi connectivity index (χ1v) is 7.94. The maximum atomic E-state index is 12.0. The third kappa shape index (κ3) is 3.91. The van der Waals surface area contributed by atoms with E-state index in [1.807, 2.05) is 12.2 Å². The number of allylic oxidation sites excluding steroid dienone is 2. The second-order valence-corrected chi connectivity index (χ2v) is 6.18. The van der Waals surface area contributed by atoms with Gasteiger partial charge >= 0.3 is 0 Å². The zero-order chi connectivity index (χ0) is 15.2. The van der Waals surface area contributed by atoms with E-state index in [2.05, 4.69) is 16.6 Å². The number of hydrogen-bond donors (Lipinski definition) is 2. The zero-order valence-corrected chi connectivity index (χ0v) is 12.9. The molecule has 0 spiro atoms. The normalized spacial score (nSPS) is 12.6. The Balaban J connectivity index is 3.28. The van der Waals surface area contributed by atoms with Gasteiger partial charge in [-0.05, 0) is 38.1 Å². The first kappa shape index (κ1) is 16.4. The lowest BCUT2D eigenvalue weighted by Gasteiger charge is -2.11. The lowest BCUT2D eigenvalue weighted by molar-refractivity contribution is 0.589. The van der Waals surface area contributed by atoms with Crippen molar-refractivity contribution in [2.75, 3.05) is 12.8 Å². The van der Waals surface area contributed by atoms with Gasteiger partial charge in [-0.3, -0.25) is 4.99 Å². The summed E-state index contributed by atoms with van der Waals surface area (Å²) < 4.78 is 26.4. The van der Waals surface area contributed by atoms with Crippen LogP contribution in [-0.4, -0.2) is 21.7 Å². The van der Waals surface area contributed by atoms with Crippen LogP contribution < -0.4 is 10.5 Å². The van der Waals surface area contributed by atoms with Gasteiger partial charge in [0.2, 0.25) is 10.0 Å². The van der Waals surface area contributed by atoms with Crippen molar-refractivity contribution in [1.82, 2.24) is 4.72 Å². The summed E-state index contributed by atoms with van der Waals surface area (Å²) in [4.78, 5) is 4.27. The van der Waals surface area contributed by atoms with Crippen LogP contribution in [0.1, 0.15) is 25.3 Å². The molecule has 0 fully saturated rings. The molecule has 0 bridgehead atoms. The van der Waals surface area contributed by atoms with Gasteiger partial charge in [-0.1, -0.05) is 25.5 Å². The molecule has 1 aromatic carbocycles. The molecule has 0 aromatic heterocycles. The molecule has 6 heteroatoms. The monoisotopic (exact) mass is 295 g/mol. The van der Waals surface area contributed by atoms with E-state index < -0.39 is 10.0 Å². The summed E-state index contributed by atoms with van der Waals surface area (Å²) >= 11 is 0. The summed E-state index contributed by atoms with van der Waals surface area (Å²) in [6, 6.07) is 3.33. The van der Waals surface area contributed by atoms with E-state index in [-0.39, 0.29) is 10.6 Å². The van der Waals surface area contributed by atoms with Crippen molar-refractivity contribution in [3.05, 3.63) is 29.8 Å². The third-order valence-electron chi connectivity index (χ3n) is 2.78. The fraction of sp³-hybridized carbons (Fsp3) is 0.357. The van der Waals surface area contributed by atoms with Crippen LogP contribution in [0.5, 0.6) is 0 Å². The molecule has 0 heterocycles. The molecule has 1 rings (SSSR count). The summed E-state index contributed by atoms with van der Waals surface area (Å²) in [6.07, 6.45) is 7.40. The minimum atomic E-state index is -3.64. The average molecular weight is 295 g/mol. The van der Waals surface area contributed by atoms with Crippen molar-refractivity contribution in [3.8, 4) is 0 Å². The highest BCUT2D eigenvalue weighted by Crippen LogP contribution is 2.32. The van der Waals surface area contributed by atoms with Crippen molar-refractivity contribution >= 4 is 27.6 Å². The third-order valence-corrected chi connectivity index (χ3v) is 4.29. The Bertz CT molecular complexity index is 620. The molecule has 0 saturated heterocycles. The minimum absolute atomic E-state index is 0.0279. The van der Waals surface area contributed by atoms with E-state index in [0.717, 1.165) is 18.4 Å². The van der Waals surface area contributed by atoms with E-state index in [0.29, 0.717) is 5.69 Å². The van der Waals surface area contributed by atoms with Crippen molar-refractivity contribution < 1.29 is 8.42 Å². The van der Waals surface area contributed by atoms with E-state index in [9.17, 15) is 8.42 Å². The highest BCUT2D eigenvalue weighted by Gasteiger charge is 2.21. The molecular formula is C14H21N3O2S. The first-order chi connectivity index (χ1) is 9.44. The molecule has 5 nitrogen and oxygen atoms in total. The van der Waals surface area contributed by atoms with Gasteiger partial charge in [-0.15, -0.1) is 0 Å². The molecule has 0 unspecified atom stereocenters. The molecule has 110 valence electrons. The highest BCUT2D eigenvalue weighted by atomic mass is 32.2. The number of anilines is 1. The lowest BCUT2D eigenvalue weighted by atomic mass is 10.2. The Morgan fingerprint density at radius 2 is 2.10 bits per heavy atom.